The monoisotopic (exact) mass is 193 g/mol. The van der Waals surface area contributed by atoms with Gasteiger partial charge in [0.25, 0.3) is 5.91 Å². The number of hydrogen-bond donors (Lipinski definition) is 2. The zero-order valence-corrected chi connectivity index (χ0v) is 7.51. The Bertz CT molecular complexity index is 308. The molecule has 14 heavy (non-hydrogen) atoms. The van der Waals surface area contributed by atoms with Gasteiger partial charge in [-0.3, -0.25) is 4.79 Å². The summed E-state index contributed by atoms with van der Waals surface area (Å²) >= 11 is 0. The number of anilines is 1. The summed E-state index contributed by atoms with van der Waals surface area (Å²) in [5.41, 5.74) is 0.714. The molecule has 0 unspecified atom stereocenters. The first kappa shape index (κ1) is 10.3. The highest BCUT2D eigenvalue weighted by Gasteiger charge is 1.95. The van der Waals surface area contributed by atoms with Crippen LogP contribution in [0.4, 0.5) is 5.69 Å². The second-order valence-corrected chi connectivity index (χ2v) is 2.45. The Morgan fingerprint density at radius 2 is 2.14 bits per heavy atom. The Morgan fingerprint density at radius 1 is 1.43 bits per heavy atom. The zero-order valence-electron chi connectivity index (χ0n) is 7.51. The molecule has 4 heteroatoms. The van der Waals surface area contributed by atoms with Crippen LogP contribution < -0.4 is 5.32 Å². The van der Waals surface area contributed by atoms with E-state index in [0.29, 0.717) is 5.69 Å². The van der Waals surface area contributed by atoms with Crippen molar-refractivity contribution in [2.45, 2.75) is 0 Å². The summed E-state index contributed by atoms with van der Waals surface area (Å²) in [5.74, 6) is -0.301. The molecule has 2 N–H and O–H groups in total. The lowest BCUT2D eigenvalue weighted by Gasteiger charge is -2.00. The largest absolute Gasteiger partial charge is 0.475 e. The van der Waals surface area contributed by atoms with Gasteiger partial charge in [0.15, 0.2) is 6.79 Å². The number of nitrogens with one attached hydrogen (secondary N) is 1. The van der Waals surface area contributed by atoms with Crippen LogP contribution in [0.1, 0.15) is 0 Å². The highest BCUT2D eigenvalue weighted by Crippen LogP contribution is 2.04. The molecule has 1 aromatic rings. The van der Waals surface area contributed by atoms with E-state index >= 15 is 0 Å². The van der Waals surface area contributed by atoms with Gasteiger partial charge >= 0.3 is 0 Å². The molecule has 0 saturated heterocycles. The maximum atomic E-state index is 11.1. The van der Waals surface area contributed by atoms with Crippen LogP contribution in [0.5, 0.6) is 0 Å². The first-order chi connectivity index (χ1) is 6.83. The number of ether oxygens (including phenoxy) is 1. The van der Waals surface area contributed by atoms with Gasteiger partial charge in [0, 0.05) is 11.8 Å². The number of para-hydroxylation sites is 1. The van der Waals surface area contributed by atoms with Gasteiger partial charge in [0.05, 0.1) is 6.26 Å². The van der Waals surface area contributed by atoms with Gasteiger partial charge < -0.3 is 15.2 Å². The van der Waals surface area contributed by atoms with Crippen molar-refractivity contribution in [1.82, 2.24) is 0 Å². The van der Waals surface area contributed by atoms with Crippen LogP contribution in [0.15, 0.2) is 42.7 Å². The van der Waals surface area contributed by atoms with Crippen molar-refractivity contribution in [3.63, 3.8) is 0 Å². The predicted octanol–water partition coefficient (Wildman–Crippen LogP) is 1.11. The van der Waals surface area contributed by atoms with Gasteiger partial charge in [0.1, 0.15) is 0 Å². The van der Waals surface area contributed by atoms with Crippen LogP contribution in [0.2, 0.25) is 0 Å². The lowest BCUT2D eigenvalue weighted by atomic mass is 10.3. The van der Waals surface area contributed by atoms with Gasteiger partial charge in [-0.2, -0.15) is 0 Å². The minimum absolute atomic E-state index is 0.301. The first-order valence-electron chi connectivity index (χ1n) is 4.08. The molecular weight excluding hydrogens is 182 g/mol. The number of carbonyl (C=O) groups excluding carboxylic acids is 1. The van der Waals surface area contributed by atoms with E-state index in [9.17, 15) is 4.79 Å². The summed E-state index contributed by atoms with van der Waals surface area (Å²) in [6.07, 6.45) is 2.33. The molecule has 1 amide bonds. The number of aliphatic hydroxyl groups is 1. The number of benzene rings is 1. The topological polar surface area (TPSA) is 58.6 Å². The molecule has 74 valence electrons. The van der Waals surface area contributed by atoms with Crippen molar-refractivity contribution in [1.29, 1.82) is 0 Å². The smallest absolute Gasteiger partial charge is 0.251 e. The normalized spacial score (nSPS) is 10.1. The fraction of sp³-hybridized carbons (Fsp3) is 0.100. The summed E-state index contributed by atoms with van der Waals surface area (Å²) in [6.45, 7) is -0.435. The highest BCUT2D eigenvalue weighted by atomic mass is 16.6. The minimum Gasteiger partial charge on any atom is -0.475 e. The zero-order chi connectivity index (χ0) is 10.2. The number of rotatable bonds is 4. The van der Waals surface area contributed by atoms with Gasteiger partial charge in [-0.1, -0.05) is 18.2 Å². The fourth-order valence-corrected chi connectivity index (χ4v) is 0.858. The Hall–Kier alpha value is -1.81. The van der Waals surface area contributed by atoms with Crippen LogP contribution in [-0.4, -0.2) is 17.8 Å². The number of amides is 1. The molecule has 0 aliphatic rings. The number of aliphatic hydroxyl groups excluding tert-OH is 1. The van der Waals surface area contributed by atoms with E-state index in [1.54, 1.807) is 12.1 Å². The van der Waals surface area contributed by atoms with Crippen molar-refractivity contribution >= 4 is 11.6 Å². The molecule has 1 rings (SSSR count). The van der Waals surface area contributed by atoms with E-state index in [2.05, 4.69) is 10.1 Å². The average molecular weight is 193 g/mol. The van der Waals surface area contributed by atoms with Crippen LogP contribution in [0.3, 0.4) is 0 Å². The molecule has 4 nitrogen and oxygen atoms in total. The van der Waals surface area contributed by atoms with E-state index in [0.717, 1.165) is 6.26 Å². The van der Waals surface area contributed by atoms with E-state index in [4.69, 9.17) is 5.11 Å². The van der Waals surface area contributed by atoms with Gasteiger partial charge in [0.2, 0.25) is 0 Å². The Balaban J connectivity index is 2.42. The average Bonchev–Trinajstić information content (AvgIpc) is 2.20. The van der Waals surface area contributed by atoms with E-state index in [1.165, 1.54) is 6.08 Å². The summed E-state index contributed by atoms with van der Waals surface area (Å²) in [4.78, 5) is 11.1. The van der Waals surface area contributed by atoms with Gasteiger partial charge in [-0.15, -0.1) is 0 Å². The van der Waals surface area contributed by atoms with Gasteiger partial charge in [-0.05, 0) is 12.1 Å². The van der Waals surface area contributed by atoms with Crippen LogP contribution in [0.25, 0.3) is 0 Å². The predicted molar refractivity (Wildman–Crippen MR) is 52.4 cm³/mol. The van der Waals surface area contributed by atoms with E-state index in [-0.39, 0.29) is 5.91 Å². The molecule has 0 saturated carbocycles. The first-order valence-corrected chi connectivity index (χ1v) is 4.08. The molecule has 0 radical (unpaired) electrons. The fourth-order valence-electron chi connectivity index (χ4n) is 0.858. The third-order valence-corrected chi connectivity index (χ3v) is 1.43. The summed E-state index contributed by atoms with van der Waals surface area (Å²) in [6, 6.07) is 9.06. The molecule has 0 atom stereocenters. The molecule has 0 aliphatic carbocycles. The quantitative estimate of drug-likeness (QED) is 0.427. The van der Waals surface area contributed by atoms with Crippen molar-refractivity contribution in [3.05, 3.63) is 42.7 Å². The number of hydrogen-bond acceptors (Lipinski definition) is 3. The maximum absolute atomic E-state index is 11.1. The van der Waals surface area contributed by atoms with Crippen molar-refractivity contribution in [2.24, 2.45) is 0 Å². The lowest BCUT2D eigenvalue weighted by molar-refractivity contribution is -0.112. The molecule has 0 spiro atoms. The SMILES string of the molecule is O=C(/C=C/OCO)Nc1ccccc1. The standard InChI is InChI=1S/C10H11NO3/c12-8-14-7-6-10(13)11-9-4-2-1-3-5-9/h1-7,12H,8H2,(H,11,13)/b7-6+. The second kappa shape index (κ2) is 5.77. The molecule has 0 bridgehead atoms. The minimum atomic E-state index is -0.435. The summed E-state index contributed by atoms with van der Waals surface area (Å²) in [5, 5.41) is 10.9. The van der Waals surface area contributed by atoms with Crippen molar-refractivity contribution in [3.8, 4) is 0 Å². The third kappa shape index (κ3) is 3.73. The third-order valence-electron chi connectivity index (χ3n) is 1.43. The van der Waals surface area contributed by atoms with E-state index < -0.39 is 6.79 Å². The lowest BCUT2D eigenvalue weighted by Crippen LogP contribution is -2.07. The molecule has 0 heterocycles. The second-order valence-electron chi connectivity index (χ2n) is 2.45. The van der Waals surface area contributed by atoms with Gasteiger partial charge in [-0.25, -0.2) is 0 Å². The molecule has 1 aromatic carbocycles. The molecule has 0 aliphatic heterocycles. The molecule has 0 aromatic heterocycles. The van der Waals surface area contributed by atoms with Crippen LogP contribution in [0, 0.1) is 0 Å². The summed E-state index contributed by atoms with van der Waals surface area (Å²) < 4.78 is 4.46. The van der Waals surface area contributed by atoms with Crippen LogP contribution >= 0.6 is 0 Å². The summed E-state index contributed by atoms with van der Waals surface area (Å²) in [7, 11) is 0. The van der Waals surface area contributed by atoms with E-state index in [1.807, 2.05) is 18.2 Å². The maximum Gasteiger partial charge on any atom is 0.251 e. The molecule has 0 fully saturated rings. The van der Waals surface area contributed by atoms with Crippen LogP contribution in [-0.2, 0) is 9.53 Å². The Labute approximate surface area is 81.8 Å². The van der Waals surface area contributed by atoms with Crippen molar-refractivity contribution < 1.29 is 14.6 Å². The van der Waals surface area contributed by atoms with Crippen molar-refractivity contribution in [2.75, 3.05) is 12.1 Å². The highest BCUT2D eigenvalue weighted by molar-refractivity contribution is 5.99. The molecular formula is C10H11NO3. The number of carbonyl (C=O) groups is 1. The Morgan fingerprint density at radius 3 is 2.79 bits per heavy atom. The Kier molecular flexibility index (Phi) is 4.23.